The average Bonchev–Trinajstić information content (AvgIpc) is 2.49. The SMILES string of the molecule is CCCCCCCCCC(OCc1ccccc1)C(C)(C)C. The summed E-state index contributed by atoms with van der Waals surface area (Å²) in [7, 11) is 0. The fourth-order valence-electron chi connectivity index (χ4n) is 2.82. The van der Waals surface area contributed by atoms with Gasteiger partial charge >= 0.3 is 0 Å². The maximum absolute atomic E-state index is 6.24. The molecule has 0 saturated carbocycles. The fourth-order valence-corrected chi connectivity index (χ4v) is 2.82. The van der Waals surface area contributed by atoms with Gasteiger partial charge in [0.15, 0.2) is 0 Å². The first-order valence-corrected chi connectivity index (χ1v) is 9.19. The average molecular weight is 305 g/mol. The Kier molecular flexibility index (Phi) is 9.47. The van der Waals surface area contributed by atoms with Gasteiger partial charge in [-0.3, -0.25) is 0 Å². The molecule has 0 spiro atoms. The van der Waals surface area contributed by atoms with Crippen LogP contribution in [0.1, 0.15) is 84.6 Å². The normalized spacial score (nSPS) is 13.3. The molecule has 0 radical (unpaired) electrons. The summed E-state index contributed by atoms with van der Waals surface area (Å²) >= 11 is 0. The van der Waals surface area contributed by atoms with Crippen LogP contribution in [0.4, 0.5) is 0 Å². The zero-order valence-electron chi connectivity index (χ0n) is 15.2. The van der Waals surface area contributed by atoms with E-state index < -0.39 is 0 Å². The van der Waals surface area contributed by atoms with Gasteiger partial charge in [-0.2, -0.15) is 0 Å². The number of hydrogen-bond donors (Lipinski definition) is 0. The van der Waals surface area contributed by atoms with Crippen LogP contribution in [0, 0.1) is 5.41 Å². The van der Waals surface area contributed by atoms with Crippen molar-refractivity contribution in [2.75, 3.05) is 0 Å². The molecule has 0 aliphatic rings. The molecule has 0 aliphatic heterocycles. The van der Waals surface area contributed by atoms with E-state index in [4.69, 9.17) is 4.74 Å². The van der Waals surface area contributed by atoms with Gasteiger partial charge in [0.2, 0.25) is 0 Å². The molecule has 0 heterocycles. The van der Waals surface area contributed by atoms with E-state index in [2.05, 4.69) is 58.0 Å². The molecule has 0 aromatic heterocycles. The van der Waals surface area contributed by atoms with E-state index >= 15 is 0 Å². The molecular weight excluding hydrogens is 268 g/mol. The number of benzene rings is 1. The summed E-state index contributed by atoms with van der Waals surface area (Å²) in [4.78, 5) is 0. The lowest BCUT2D eigenvalue weighted by atomic mass is 9.85. The molecule has 1 rings (SSSR count). The molecule has 0 bridgehead atoms. The summed E-state index contributed by atoms with van der Waals surface area (Å²) in [5.74, 6) is 0. The molecule has 0 aliphatic carbocycles. The van der Waals surface area contributed by atoms with Crippen LogP contribution in [0.25, 0.3) is 0 Å². The molecule has 1 heteroatoms. The van der Waals surface area contributed by atoms with Crippen LogP contribution in [0.15, 0.2) is 30.3 Å². The zero-order valence-corrected chi connectivity index (χ0v) is 15.2. The monoisotopic (exact) mass is 304 g/mol. The number of rotatable bonds is 11. The zero-order chi connectivity index (χ0) is 16.3. The number of unbranched alkanes of at least 4 members (excludes halogenated alkanes) is 6. The van der Waals surface area contributed by atoms with Crippen molar-refractivity contribution in [3.63, 3.8) is 0 Å². The van der Waals surface area contributed by atoms with Crippen molar-refractivity contribution in [3.8, 4) is 0 Å². The standard InChI is InChI=1S/C21H36O/c1-5-6-7-8-9-10-14-17-20(21(2,3)4)22-18-19-15-12-11-13-16-19/h11-13,15-16,20H,5-10,14,17-18H2,1-4H3. The molecular formula is C21H36O. The van der Waals surface area contributed by atoms with E-state index in [0.717, 1.165) is 6.61 Å². The Balaban J connectivity index is 2.26. The third-order valence-corrected chi connectivity index (χ3v) is 4.33. The largest absolute Gasteiger partial charge is 0.373 e. The van der Waals surface area contributed by atoms with Crippen molar-refractivity contribution in [1.82, 2.24) is 0 Å². The van der Waals surface area contributed by atoms with Gasteiger partial charge in [0.1, 0.15) is 0 Å². The van der Waals surface area contributed by atoms with Crippen molar-refractivity contribution in [2.24, 2.45) is 5.41 Å². The van der Waals surface area contributed by atoms with E-state index in [1.165, 1.54) is 56.9 Å². The van der Waals surface area contributed by atoms with Gasteiger partial charge < -0.3 is 4.74 Å². The summed E-state index contributed by atoms with van der Waals surface area (Å²) in [5, 5.41) is 0. The van der Waals surface area contributed by atoms with Crippen molar-refractivity contribution in [2.45, 2.75) is 91.8 Å². The van der Waals surface area contributed by atoms with Gasteiger partial charge in [0.05, 0.1) is 12.7 Å². The Labute approximate surface area is 138 Å². The van der Waals surface area contributed by atoms with Crippen LogP contribution in [0.3, 0.4) is 0 Å². The minimum Gasteiger partial charge on any atom is -0.373 e. The highest BCUT2D eigenvalue weighted by Gasteiger charge is 2.24. The van der Waals surface area contributed by atoms with E-state index in [1.54, 1.807) is 0 Å². The second kappa shape index (κ2) is 10.8. The molecule has 22 heavy (non-hydrogen) atoms. The Morgan fingerprint density at radius 1 is 0.864 bits per heavy atom. The molecule has 126 valence electrons. The Hall–Kier alpha value is -0.820. The molecule has 1 aromatic carbocycles. The quantitative estimate of drug-likeness (QED) is 0.410. The maximum Gasteiger partial charge on any atom is 0.0720 e. The van der Waals surface area contributed by atoms with Crippen LogP contribution < -0.4 is 0 Å². The van der Waals surface area contributed by atoms with Gasteiger partial charge in [-0.25, -0.2) is 0 Å². The van der Waals surface area contributed by atoms with E-state index in [-0.39, 0.29) is 5.41 Å². The molecule has 1 nitrogen and oxygen atoms in total. The molecule has 1 atom stereocenters. The van der Waals surface area contributed by atoms with Gasteiger partial charge in [-0.05, 0) is 17.4 Å². The second-order valence-electron chi connectivity index (χ2n) is 7.56. The van der Waals surface area contributed by atoms with Gasteiger partial charge in [-0.1, -0.05) is 103 Å². The third-order valence-electron chi connectivity index (χ3n) is 4.33. The van der Waals surface area contributed by atoms with Gasteiger partial charge in [-0.15, -0.1) is 0 Å². The van der Waals surface area contributed by atoms with Crippen molar-refractivity contribution >= 4 is 0 Å². The molecule has 0 amide bonds. The summed E-state index contributed by atoms with van der Waals surface area (Å²) in [6, 6.07) is 10.5. The molecule has 0 N–H and O–H groups in total. The minimum atomic E-state index is 0.219. The van der Waals surface area contributed by atoms with Crippen LogP contribution >= 0.6 is 0 Å². The van der Waals surface area contributed by atoms with Gasteiger partial charge in [0, 0.05) is 0 Å². The van der Waals surface area contributed by atoms with Crippen molar-refractivity contribution in [3.05, 3.63) is 35.9 Å². The summed E-state index contributed by atoms with van der Waals surface area (Å²) in [6.07, 6.45) is 11.1. The fraction of sp³-hybridized carbons (Fsp3) is 0.714. The Morgan fingerprint density at radius 3 is 2.05 bits per heavy atom. The number of hydrogen-bond acceptors (Lipinski definition) is 1. The topological polar surface area (TPSA) is 9.23 Å². The van der Waals surface area contributed by atoms with Crippen LogP contribution in [0.2, 0.25) is 0 Å². The predicted octanol–water partition coefficient (Wildman–Crippen LogP) is 6.76. The first-order valence-electron chi connectivity index (χ1n) is 9.19. The maximum atomic E-state index is 6.24. The van der Waals surface area contributed by atoms with Crippen molar-refractivity contribution < 1.29 is 4.74 Å². The number of ether oxygens (including phenoxy) is 1. The molecule has 0 saturated heterocycles. The highest BCUT2D eigenvalue weighted by atomic mass is 16.5. The first-order chi connectivity index (χ1) is 10.5. The summed E-state index contributed by atoms with van der Waals surface area (Å²) in [6.45, 7) is 9.90. The summed E-state index contributed by atoms with van der Waals surface area (Å²) in [5.41, 5.74) is 1.49. The highest BCUT2D eigenvalue weighted by molar-refractivity contribution is 5.13. The van der Waals surface area contributed by atoms with Crippen LogP contribution in [-0.4, -0.2) is 6.10 Å². The van der Waals surface area contributed by atoms with Crippen molar-refractivity contribution in [1.29, 1.82) is 0 Å². The molecule has 0 fully saturated rings. The minimum absolute atomic E-state index is 0.219. The van der Waals surface area contributed by atoms with Crippen LogP contribution in [-0.2, 0) is 11.3 Å². The highest BCUT2D eigenvalue weighted by Crippen LogP contribution is 2.28. The van der Waals surface area contributed by atoms with Gasteiger partial charge in [0.25, 0.3) is 0 Å². The second-order valence-corrected chi connectivity index (χ2v) is 7.56. The van der Waals surface area contributed by atoms with Crippen LogP contribution in [0.5, 0.6) is 0 Å². The first kappa shape index (κ1) is 19.2. The van der Waals surface area contributed by atoms with E-state index in [0.29, 0.717) is 6.10 Å². The molecule has 1 aromatic rings. The lowest BCUT2D eigenvalue weighted by Crippen LogP contribution is -2.29. The van der Waals surface area contributed by atoms with E-state index in [1.807, 2.05) is 0 Å². The lowest BCUT2D eigenvalue weighted by Gasteiger charge is -2.31. The smallest absolute Gasteiger partial charge is 0.0720 e. The Bertz CT molecular complexity index is 363. The molecule has 1 unspecified atom stereocenters. The predicted molar refractivity (Wildman–Crippen MR) is 97.1 cm³/mol. The lowest BCUT2D eigenvalue weighted by molar-refractivity contribution is -0.0342. The summed E-state index contributed by atoms with van der Waals surface area (Å²) < 4.78 is 6.24. The Morgan fingerprint density at radius 2 is 1.45 bits per heavy atom. The third kappa shape index (κ3) is 8.58. The van der Waals surface area contributed by atoms with E-state index in [9.17, 15) is 0 Å².